The minimum Gasteiger partial charge on any atom is -0.352 e. The fraction of sp³-hybridized carbons (Fsp3) is 0.385. The summed E-state index contributed by atoms with van der Waals surface area (Å²) >= 11 is 0. The Hall–Kier alpha value is -2.08. The van der Waals surface area contributed by atoms with Crippen LogP contribution in [-0.4, -0.2) is 18.0 Å². The molecule has 19 heavy (non-hydrogen) atoms. The zero-order chi connectivity index (χ0) is 14.3. The van der Waals surface area contributed by atoms with E-state index in [4.69, 9.17) is 10.6 Å². The van der Waals surface area contributed by atoms with Crippen molar-refractivity contribution in [2.45, 2.75) is 26.5 Å². The standard InChI is InChI=1S/C13H19N3O3/c1-9(2)11(15-13(14)18)12(17)16-19-8-10-6-4-3-5-7-10/h3-7,9,11H,8H2,1-2H3,(H,16,17)(H3,14,15,18). The summed E-state index contributed by atoms with van der Waals surface area (Å²) in [6, 6.07) is 7.97. The molecule has 0 radical (unpaired) electrons. The number of amides is 3. The maximum Gasteiger partial charge on any atom is 0.312 e. The van der Waals surface area contributed by atoms with E-state index in [2.05, 4.69) is 10.8 Å². The molecule has 0 saturated carbocycles. The molecule has 4 N–H and O–H groups in total. The van der Waals surface area contributed by atoms with Gasteiger partial charge in [0.25, 0.3) is 5.91 Å². The van der Waals surface area contributed by atoms with Crippen LogP contribution in [0.1, 0.15) is 19.4 Å². The first-order valence-electron chi connectivity index (χ1n) is 6.02. The second-order valence-electron chi connectivity index (χ2n) is 4.47. The van der Waals surface area contributed by atoms with Gasteiger partial charge in [0.1, 0.15) is 6.04 Å². The normalized spacial score (nSPS) is 11.9. The van der Waals surface area contributed by atoms with E-state index in [1.807, 2.05) is 30.3 Å². The van der Waals surface area contributed by atoms with Crippen molar-refractivity contribution < 1.29 is 14.4 Å². The van der Waals surface area contributed by atoms with Crippen LogP contribution in [0.2, 0.25) is 0 Å². The molecular weight excluding hydrogens is 246 g/mol. The van der Waals surface area contributed by atoms with Gasteiger partial charge in [0, 0.05) is 0 Å². The third-order valence-corrected chi connectivity index (χ3v) is 2.50. The van der Waals surface area contributed by atoms with Crippen LogP contribution in [0.4, 0.5) is 4.79 Å². The fourth-order valence-electron chi connectivity index (χ4n) is 1.52. The number of hydrogen-bond donors (Lipinski definition) is 3. The van der Waals surface area contributed by atoms with Crippen LogP contribution in [0.25, 0.3) is 0 Å². The van der Waals surface area contributed by atoms with Crippen molar-refractivity contribution in [1.29, 1.82) is 0 Å². The highest BCUT2D eigenvalue weighted by Crippen LogP contribution is 2.03. The Labute approximate surface area is 112 Å². The van der Waals surface area contributed by atoms with E-state index < -0.39 is 18.0 Å². The second-order valence-corrected chi connectivity index (χ2v) is 4.47. The lowest BCUT2D eigenvalue weighted by Gasteiger charge is -2.20. The van der Waals surface area contributed by atoms with Gasteiger partial charge in [-0.05, 0) is 11.5 Å². The minimum absolute atomic E-state index is 0.0900. The molecule has 3 amide bonds. The van der Waals surface area contributed by atoms with Gasteiger partial charge in [-0.2, -0.15) is 0 Å². The first-order chi connectivity index (χ1) is 9.00. The number of nitrogens with two attached hydrogens (primary N) is 1. The highest BCUT2D eigenvalue weighted by molar-refractivity contribution is 5.86. The zero-order valence-corrected chi connectivity index (χ0v) is 11.1. The van der Waals surface area contributed by atoms with Gasteiger partial charge in [0.2, 0.25) is 0 Å². The average Bonchev–Trinajstić information content (AvgIpc) is 2.36. The smallest absolute Gasteiger partial charge is 0.312 e. The Kier molecular flexibility index (Phi) is 5.81. The summed E-state index contributed by atoms with van der Waals surface area (Å²) in [6.45, 7) is 3.86. The van der Waals surface area contributed by atoms with E-state index in [1.165, 1.54) is 0 Å². The van der Waals surface area contributed by atoms with Crippen molar-refractivity contribution in [3.05, 3.63) is 35.9 Å². The molecule has 0 fully saturated rings. The van der Waals surface area contributed by atoms with Gasteiger partial charge in [0.05, 0.1) is 6.61 Å². The van der Waals surface area contributed by atoms with E-state index >= 15 is 0 Å². The molecule has 1 aromatic carbocycles. The van der Waals surface area contributed by atoms with Crippen molar-refractivity contribution in [3.8, 4) is 0 Å². The van der Waals surface area contributed by atoms with Crippen LogP contribution in [0.15, 0.2) is 30.3 Å². The highest BCUT2D eigenvalue weighted by Gasteiger charge is 2.23. The zero-order valence-electron chi connectivity index (χ0n) is 11.1. The van der Waals surface area contributed by atoms with Crippen LogP contribution < -0.4 is 16.5 Å². The van der Waals surface area contributed by atoms with Crippen molar-refractivity contribution in [3.63, 3.8) is 0 Å². The third kappa shape index (κ3) is 5.39. The number of carbonyl (C=O) groups excluding carboxylic acids is 2. The molecule has 1 atom stereocenters. The number of rotatable bonds is 6. The lowest BCUT2D eigenvalue weighted by Crippen LogP contribution is -2.51. The maximum atomic E-state index is 11.8. The van der Waals surface area contributed by atoms with Crippen molar-refractivity contribution in [2.24, 2.45) is 11.7 Å². The Morgan fingerprint density at radius 3 is 2.42 bits per heavy atom. The van der Waals surface area contributed by atoms with Gasteiger partial charge < -0.3 is 11.1 Å². The molecular formula is C13H19N3O3. The summed E-state index contributed by atoms with van der Waals surface area (Å²) in [5.41, 5.74) is 8.26. The Morgan fingerprint density at radius 2 is 1.89 bits per heavy atom. The largest absolute Gasteiger partial charge is 0.352 e. The van der Waals surface area contributed by atoms with Crippen LogP contribution >= 0.6 is 0 Å². The quantitative estimate of drug-likeness (QED) is 0.668. The van der Waals surface area contributed by atoms with E-state index in [-0.39, 0.29) is 12.5 Å². The molecule has 0 heterocycles. The number of benzene rings is 1. The van der Waals surface area contributed by atoms with Gasteiger partial charge in [-0.3, -0.25) is 9.63 Å². The number of urea groups is 1. The Morgan fingerprint density at radius 1 is 1.26 bits per heavy atom. The van der Waals surface area contributed by atoms with Crippen molar-refractivity contribution >= 4 is 11.9 Å². The van der Waals surface area contributed by atoms with Gasteiger partial charge in [-0.25, -0.2) is 10.3 Å². The molecule has 0 aliphatic rings. The predicted molar refractivity (Wildman–Crippen MR) is 70.7 cm³/mol. The van der Waals surface area contributed by atoms with Gasteiger partial charge in [-0.1, -0.05) is 44.2 Å². The fourth-order valence-corrected chi connectivity index (χ4v) is 1.52. The topological polar surface area (TPSA) is 93.5 Å². The van der Waals surface area contributed by atoms with Gasteiger partial charge in [-0.15, -0.1) is 0 Å². The molecule has 0 aliphatic heterocycles. The molecule has 1 unspecified atom stereocenters. The Balaban J connectivity index is 2.42. The maximum absolute atomic E-state index is 11.8. The molecule has 104 valence electrons. The van der Waals surface area contributed by atoms with E-state index in [1.54, 1.807) is 13.8 Å². The van der Waals surface area contributed by atoms with E-state index in [0.717, 1.165) is 5.56 Å². The summed E-state index contributed by atoms with van der Waals surface area (Å²) in [6.07, 6.45) is 0. The molecule has 0 saturated heterocycles. The summed E-state index contributed by atoms with van der Waals surface area (Å²) in [5.74, 6) is -0.516. The number of primary amides is 1. The number of hydroxylamine groups is 1. The second kappa shape index (κ2) is 7.38. The summed E-state index contributed by atoms with van der Waals surface area (Å²) in [4.78, 5) is 27.7. The molecule has 1 rings (SSSR count). The van der Waals surface area contributed by atoms with Crippen LogP contribution in [0.5, 0.6) is 0 Å². The molecule has 0 bridgehead atoms. The van der Waals surface area contributed by atoms with E-state index in [0.29, 0.717) is 0 Å². The van der Waals surface area contributed by atoms with Crippen LogP contribution in [0.3, 0.4) is 0 Å². The summed E-state index contributed by atoms with van der Waals surface area (Å²) < 4.78 is 0. The minimum atomic E-state index is -0.739. The molecule has 6 heteroatoms. The number of carbonyl (C=O) groups is 2. The van der Waals surface area contributed by atoms with Gasteiger partial charge >= 0.3 is 6.03 Å². The van der Waals surface area contributed by atoms with Gasteiger partial charge in [0.15, 0.2) is 0 Å². The number of nitrogens with one attached hydrogen (secondary N) is 2. The van der Waals surface area contributed by atoms with Crippen LogP contribution in [-0.2, 0) is 16.2 Å². The van der Waals surface area contributed by atoms with Crippen LogP contribution in [0, 0.1) is 5.92 Å². The predicted octanol–water partition coefficient (Wildman–Crippen LogP) is 0.927. The number of hydrogen-bond acceptors (Lipinski definition) is 3. The first kappa shape index (κ1) is 15.0. The van der Waals surface area contributed by atoms with Crippen molar-refractivity contribution in [1.82, 2.24) is 10.8 Å². The molecule has 6 nitrogen and oxygen atoms in total. The summed E-state index contributed by atoms with van der Waals surface area (Å²) in [5, 5.41) is 2.37. The highest BCUT2D eigenvalue weighted by atomic mass is 16.6. The monoisotopic (exact) mass is 265 g/mol. The Bertz CT molecular complexity index is 420. The lowest BCUT2D eigenvalue weighted by molar-refractivity contribution is -0.137. The van der Waals surface area contributed by atoms with Crippen molar-refractivity contribution in [2.75, 3.05) is 0 Å². The van der Waals surface area contributed by atoms with E-state index in [9.17, 15) is 9.59 Å². The summed E-state index contributed by atoms with van der Waals surface area (Å²) in [7, 11) is 0. The molecule has 1 aromatic rings. The SMILES string of the molecule is CC(C)C(NC(N)=O)C(=O)NOCc1ccccc1. The molecule has 0 aromatic heterocycles. The molecule has 0 spiro atoms. The molecule has 0 aliphatic carbocycles. The average molecular weight is 265 g/mol. The first-order valence-corrected chi connectivity index (χ1v) is 6.02. The lowest BCUT2D eigenvalue weighted by atomic mass is 10.0. The third-order valence-electron chi connectivity index (χ3n) is 2.50.